The number of anilines is 2. The molecule has 1 atom stereocenters. The van der Waals surface area contributed by atoms with Gasteiger partial charge in [0.1, 0.15) is 11.9 Å². The van der Waals surface area contributed by atoms with E-state index in [0.29, 0.717) is 5.56 Å². The van der Waals surface area contributed by atoms with Crippen molar-refractivity contribution in [2.24, 2.45) is 0 Å². The van der Waals surface area contributed by atoms with E-state index in [-0.39, 0.29) is 5.91 Å². The normalized spacial score (nSPS) is 17.4. The second-order valence-electron chi connectivity index (χ2n) is 8.16. The molecule has 1 aromatic heterocycles. The fraction of sp³-hybridized carbons (Fsp3) is 0.458. The molecule has 6 heteroatoms. The van der Waals surface area contributed by atoms with E-state index >= 15 is 0 Å². The molecular formula is C24H30N4O2. The fourth-order valence-corrected chi connectivity index (χ4v) is 4.56. The monoisotopic (exact) mass is 406 g/mol. The number of carbonyl (C=O) groups is 1. The maximum Gasteiger partial charge on any atom is 0.255 e. The van der Waals surface area contributed by atoms with Crippen LogP contribution in [0, 0.1) is 5.41 Å². The second kappa shape index (κ2) is 8.96. The van der Waals surface area contributed by atoms with Gasteiger partial charge in [-0.1, -0.05) is 13.0 Å². The summed E-state index contributed by atoms with van der Waals surface area (Å²) in [6.45, 7) is 4.61. The Morgan fingerprint density at radius 2 is 2.00 bits per heavy atom. The molecule has 1 aromatic carbocycles. The molecule has 0 bridgehead atoms. The molecule has 0 aliphatic carbocycles. The van der Waals surface area contributed by atoms with Gasteiger partial charge in [0.2, 0.25) is 0 Å². The number of aliphatic hydroxyl groups is 1. The van der Waals surface area contributed by atoms with E-state index in [1.807, 2.05) is 23.1 Å². The fourth-order valence-electron chi connectivity index (χ4n) is 4.56. The molecule has 30 heavy (non-hydrogen) atoms. The number of nitrogens with one attached hydrogen (secondary N) is 1. The molecule has 1 fully saturated rings. The van der Waals surface area contributed by atoms with Gasteiger partial charge in [-0.25, -0.2) is 4.98 Å². The van der Waals surface area contributed by atoms with E-state index in [9.17, 15) is 9.90 Å². The largest absolute Gasteiger partial charge is 0.383 e. The number of aromatic nitrogens is 1. The first-order chi connectivity index (χ1) is 14.6. The van der Waals surface area contributed by atoms with E-state index in [1.54, 1.807) is 6.20 Å². The van der Waals surface area contributed by atoms with Gasteiger partial charge in [-0.2, -0.15) is 0 Å². The van der Waals surface area contributed by atoms with Crippen molar-refractivity contribution in [1.29, 1.82) is 5.41 Å². The number of nitrogens with zero attached hydrogens (tertiary/aromatic N) is 3. The summed E-state index contributed by atoms with van der Waals surface area (Å²) >= 11 is 0. The Hall–Kier alpha value is -2.73. The Balaban J connectivity index is 1.63. The highest BCUT2D eigenvalue weighted by molar-refractivity contribution is 5.94. The van der Waals surface area contributed by atoms with E-state index < -0.39 is 6.10 Å². The van der Waals surface area contributed by atoms with Crippen molar-refractivity contribution < 1.29 is 9.90 Å². The Bertz CT molecular complexity index is 937. The minimum Gasteiger partial charge on any atom is -0.383 e. The zero-order valence-electron chi connectivity index (χ0n) is 17.6. The number of rotatable bonds is 5. The Morgan fingerprint density at radius 3 is 2.73 bits per heavy atom. The zero-order chi connectivity index (χ0) is 21.1. The van der Waals surface area contributed by atoms with Crippen molar-refractivity contribution in [1.82, 2.24) is 9.88 Å². The van der Waals surface area contributed by atoms with Crippen LogP contribution in [0.4, 0.5) is 11.5 Å². The van der Waals surface area contributed by atoms with E-state index in [2.05, 4.69) is 17.9 Å². The number of likely N-dealkylation sites (tertiary alicyclic amines) is 1. The average molecular weight is 407 g/mol. The van der Waals surface area contributed by atoms with Crippen molar-refractivity contribution in [2.75, 3.05) is 24.5 Å². The number of amides is 1. The molecule has 6 nitrogen and oxygen atoms in total. The first-order valence-corrected chi connectivity index (χ1v) is 11.0. The number of aryl methyl sites for hydroxylation is 2. The molecule has 0 saturated carbocycles. The summed E-state index contributed by atoms with van der Waals surface area (Å²) in [5, 5.41) is 17.5. The molecule has 2 aromatic rings. The standard InChI is InChI=1S/C24H30N4O2/c1-2-17-14-20(8-9-21(17)22(29)15-25)28-12-6-7-18-13-19(16-26-23(18)28)24(30)27-10-4-3-5-11-27/h8-9,13-16,22,25,29H,2-7,10-12H2,1H3. The van der Waals surface area contributed by atoms with Crippen LogP contribution < -0.4 is 4.90 Å². The minimum absolute atomic E-state index is 0.0976. The van der Waals surface area contributed by atoms with Crippen molar-refractivity contribution in [3.8, 4) is 0 Å². The van der Waals surface area contributed by atoms with Crippen LogP contribution in [-0.4, -0.2) is 46.7 Å². The number of piperidine rings is 1. The molecule has 3 heterocycles. The van der Waals surface area contributed by atoms with Gasteiger partial charge in [-0.05, 0) is 73.4 Å². The van der Waals surface area contributed by atoms with Crippen molar-refractivity contribution in [3.63, 3.8) is 0 Å². The molecule has 2 aliphatic heterocycles. The molecule has 1 amide bonds. The summed E-state index contributed by atoms with van der Waals surface area (Å²) in [6, 6.07) is 8.02. The topological polar surface area (TPSA) is 80.5 Å². The Labute approximate surface area is 178 Å². The van der Waals surface area contributed by atoms with E-state index in [4.69, 9.17) is 10.4 Å². The number of fused-ring (bicyclic) bond motifs is 1. The number of benzene rings is 1. The molecule has 1 saturated heterocycles. The SMILES string of the molecule is CCc1cc(N2CCCc3cc(C(=O)N4CCCCC4)cnc32)ccc1C(O)C=N. The predicted molar refractivity (Wildman–Crippen MR) is 119 cm³/mol. The van der Waals surface area contributed by atoms with Crippen molar-refractivity contribution >= 4 is 23.6 Å². The van der Waals surface area contributed by atoms with Crippen LogP contribution in [0.15, 0.2) is 30.5 Å². The van der Waals surface area contributed by atoms with Crippen LogP contribution in [0.2, 0.25) is 0 Å². The highest BCUT2D eigenvalue weighted by atomic mass is 16.3. The average Bonchev–Trinajstić information content (AvgIpc) is 2.82. The number of aliphatic hydroxyl groups excluding tert-OH is 1. The summed E-state index contributed by atoms with van der Waals surface area (Å²) < 4.78 is 0. The lowest BCUT2D eigenvalue weighted by Gasteiger charge is -2.32. The highest BCUT2D eigenvalue weighted by Gasteiger charge is 2.24. The number of hydrogen-bond donors (Lipinski definition) is 2. The lowest BCUT2D eigenvalue weighted by molar-refractivity contribution is 0.0724. The van der Waals surface area contributed by atoms with Crippen molar-refractivity contribution in [3.05, 3.63) is 52.7 Å². The van der Waals surface area contributed by atoms with Gasteiger partial charge in [0.05, 0.1) is 5.56 Å². The van der Waals surface area contributed by atoms with Gasteiger partial charge >= 0.3 is 0 Å². The molecule has 0 spiro atoms. The Kier molecular flexibility index (Phi) is 6.13. The number of hydrogen-bond acceptors (Lipinski definition) is 5. The summed E-state index contributed by atoms with van der Waals surface area (Å²) in [7, 11) is 0. The van der Waals surface area contributed by atoms with E-state index in [0.717, 1.165) is 86.1 Å². The lowest BCUT2D eigenvalue weighted by atomic mass is 9.98. The van der Waals surface area contributed by atoms with Gasteiger partial charge in [0.15, 0.2) is 0 Å². The van der Waals surface area contributed by atoms with Crippen LogP contribution >= 0.6 is 0 Å². The second-order valence-corrected chi connectivity index (χ2v) is 8.16. The van der Waals surface area contributed by atoms with E-state index in [1.165, 1.54) is 6.42 Å². The molecule has 1 unspecified atom stereocenters. The Morgan fingerprint density at radius 1 is 1.20 bits per heavy atom. The quantitative estimate of drug-likeness (QED) is 0.735. The van der Waals surface area contributed by atoms with Crippen molar-refractivity contribution in [2.45, 2.75) is 51.6 Å². The lowest BCUT2D eigenvalue weighted by Crippen LogP contribution is -2.36. The first kappa shape index (κ1) is 20.5. The summed E-state index contributed by atoms with van der Waals surface area (Å²) in [5.74, 6) is 1.01. The number of carbonyl (C=O) groups excluding carboxylic acids is 1. The van der Waals surface area contributed by atoms with Crippen LogP contribution in [0.1, 0.15) is 65.8 Å². The third-order valence-electron chi connectivity index (χ3n) is 6.21. The summed E-state index contributed by atoms with van der Waals surface area (Å²) in [4.78, 5) is 21.8. The molecule has 0 radical (unpaired) electrons. The third-order valence-corrected chi connectivity index (χ3v) is 6.21. The molecule has 2 N–H and O–H groups in total. The predicted octanol–water partition coefficient (Wildman–Crippen LogP) is 4.04. The van der Waals surface area contributed by atoms with Crippen LogP contribution in [-0.2, 0) is 12.8 Å². The van der Waals surface area contributed by atoms with Gasteiger partial charge in [-0.15, -0.1) is 0 Å². The molecule has 2 aliphatic rings. The van der Waals surface area contributed by atoms with Crippen LogP contribution in [0.25, 0.3) is 0 Å². The summed E-state index contributed by atoms with van der Waals surface area (Å²) in [6.07, 6.45) is 7.99. The maximum absolute atomic E-state index is 12.9. The van der Waals surface area contributed by atoms with Gasteiger partial charge in [0, 0.05) is 37.7 Å². The number of pyridine rings is 1. The first-order valence-electron chi connectivity index (χ1n) is 11.0. The minimum atomic E-state index is -0.871. The summed E-state index contributed by atoms with van der Waals surface area (Å²) in [5.41, 5.74) is 4.66. The van der Waals surface area contributed by atoms with Crippen LogP contribution in [0.5, 0.6) is 0 Å². The molecule has 158 valence electrons. The van der Waals surface area contributed by atoms with Gasteiger partial charge < -0.3 is 20.3 Å². The van der Waals surface area contributed by atoms with Crippen LogP contribution in [0.3, 0.4) is 0 Å². The third kappa shape index (κ3) is 3.97. The maximum atomic E-state index is 12.9. The van der Waals surface area contributed by atoms with Gasteiger partial charge in [0.25, 0.3) is 5.91 Å². The zero-order valence-corrected chi connectivity index (χ0v) is 17.6. The van der Waals surface area contributed by atoms with Gasteiger partial charge in [-0.3, -0.25) is 4.79 Å². The molecule has 4 rings (SSSR count). The molecular weight excluding hydrogens is 376 g/mol. The highest BCUT2D eigenvalue weighted by Crippen LogP contribution is 2.34. The smallest absolute Gasteiger partial charge is 0.255 e.